The molecule has 0 saturated carbocycles. The molecule has 1 N–H and O–H groups in total. The van der Waals surface area contributed by atoms with Gasteiger partial charge in [-0.05, 0) is 49.8 Å². The molecule has 0 spiro atoms. The standard InChI is InChI=1S/C32H41BN4O9/c1-19-27(36-26(40)17-35-37-34)30(43-25(18-41-20(2)38)28(19)42-21(3)39)44-29(22-11-9-8-10-12-22)23-13-15-24(16-14-23)33-45-31(4,5)32(6,7)46-33/h8-16,19,25,27-30H,17-18H2,1-7H3,(H,36,40). The molecule has 4 rings (SSSR count). The summed E-state index contributed by atoms with van der Waals surface area (Å²) >= 11 is 0. The summed E-state index contributed by atoms with van der Waals surface area (Å²) in [6.07, 6.45) is -3.58. The molecule has 6 unspecified atom stereocenters. The zero-order valence-electron chi connectivity index (χ0n) is 27.2. The number of hydrogen-bond donors (Lipinski definition) is 1. The average Bonchev–Trinajstić information content (AvgIpc) is 3.23. The zero-order valence-corrected chi connectivity index (χ0v) is 27.2. The highest BCUT2D eigenvalue weighted by atomic mass is 16.7. The zero-order chi connectivity index (χ0) is 33.6. The Balaban J connectivity index is 1.68. The molecule has 2 aromatic rings. The molecule has 2 aliphatic heterocycles. The molecule has 6 atom stereocenters. The maximum Gasteiger partial charge on any atom is 0.494 e. The molecule has 0 aliphatic carbocycles. The van der Waals surface area contributed by atoms with Crippen molar-refractivity contribution < 1.29 is 42.6 Å². The molecule has 2 aromatic carbocycles. The van der Waals surface area contributed by atoms with Crippen LogP contribution >= 0.6 is 0 Å². The van der Waals surface area contributed by atoms with Crippen molar-refractivity contribution in [1.82, 2.24) is 5.32 Å². The fourth-order valence-electron chi connectivity index (χ4n) is 5.40. The van der Waals surface area contributed by atoms with Crippen molar-refractivity contribution in [3.63, 3.8) is 0 Å². The van der Waals surface area contributed by atoms with Gasteiger partial charge < -0.3 is 33.6 Å². The molecule has 2 aliphatic rings. The normalized spacial score (nSPS) is 25.5. The van der Waals surface area contributed by atoms with Crippen molar-refractivity contribution in [2.45, 2.75) is 90.3 Å². The molecule has 2 fully saturated rings. The predicted molar refractivity (Wildman–Crippen MR) is 167 cm³/mol. The highest BCUT2D eigenvalue weighted by Gasteiger charge is 2.52. The maximum absolute atomic E-state index is 12.8. The third-order valence-corrected chi connectivity index (χ3v) is 8.55. The first-order valence-corrected chi connectivity index (χ1v) is 15.1. The number of azide groups is 1. The van der Waals surface area contributed by atoms with E-state index in [0.29, 0.717) is 0 Å². The molecular weight excluding hydrogens is 595 g/mol. The van der Waals surface area contributed by atoms with E-state index < -0.39 is 79.3 Å². The number of carbonyl (C=O) groups excluding carboxylic acids is 3. The van der Waals surface area contributed by atoms with E-state index in [4.69, 9.17) is 33.8 Å². The van der Waals surface area contributed by atoms with Gasteiger partial charge in [0.2, 0.25) is 5.91 Å². The first-order chi connectivity index (χ1) is 21.7. The first kappa shape index (κ1) is 34.9. The highest BCUT2D eigenvalue weighted by molar-refractivity contribution is 6.62. The van der Waals surface area contributed by atoms with Crippen molar-refractivity contribution >= 4 is 30.4 Å². The predicted octanol–water partition coefficient (Wildman–Crippen LogP) is 3.74. The molecule has 0 radical (unpaired) electrons. The number of esters is 2. The Bertz CT molecular complexity index is 1420. The van der Waals surface area contributed by atoms with Gasteiger partial charge in [-0.1, -0.05) is 66.6 Å². The smallest absolute Gasteiger partial charge is 0.463 e. The summed E-state index contributed by atoms with van der Waals surface area (Å²) in [5.74, 6) is -2.25. The molecule has 0 aromatic heterocycles. The number of nitrogens with one attached hydrogen (secondary N) is 1. The topological polar surface area (TPSA) is 167 Å². The third-order valence-electron chi connectivity index (χ3n) is 8.55. The molecule has 246 valence electrons. The van der Waals surface area contributed by atoms with Crippen LogP contribution in [-0.4, -0.2) is 73.9 Å². The van der Waals surface area contributed by atoms with Crippen molar-refractivity contribution in [3.05, 3.63) is 76.2 Å². The molecule has 2 saturated heterocycles. The Morgan fingerprint density at radius 3 is 2.15 bits per heavy atom. The Hall–Kier alpha value is -3.94. The average molecular weight is 637 g/mol. The van der Waals surface area contributed by atoms with Gasteiger partial charge in [-0.25, -0.2) is 0 Å². The molecule has 2 heterocycles. The Labute approximate surface area is 269 Å². The summed E-state index contributed by atoms with van der Waals surface area (Å²) in [4.78, 5) is 39.2. The van der Waals surface area contributed by atoms with Crippen molar-refractivity contribution in [2.75, 3.05) is 13.2 Å². The van der Waals surface area contributed by atoms with Crippen LogP contribution in [0, 0.1) is 5.92 Å². The van der Waals surface area contributed by atoms with E-state index in [1.54, 1.807) is 6.92 Å². The Kier molecular flexibility index (Phi) is 11.1. The fraction of sp³-hybridized carbons (Fsp3) is 0.531. The van der Waals surface area contributed by atoms with E-state index in [2.05, 4.69) is 15.3 Å². The van der Waals surface area contributed by atoms with Crippen LogP contribution in [0.3, 0.4) is 0 Å². The number of nitrogens with zero attached hydrogens (tertiary/aromatic N) is 3. The van der Waals surface area contributed by atoms with E-state index >= 15 is 0 Å². The Morgan fingerprint density at radius 1 is 0.978 bits per heavy atom. The van der Waals surface area contributed by atoms with Crippen LogP contribution in [0.4, 0.5) is 0 Å². The van der Waals surface area contributed by atoms with Gasteiger partial charge in [0.25, 0.3) is 0 Å². The van der Waals surface area contributed by atoms with E-state index in [-0.39, 0.29) is 6.61 Å². The minimum Gasteiger partial charge on any atom is -0.463 e. The summed E-state index contributed by atoms with van der Waals surface area (Å²) in [6.45, 7) is 11.6. The number of benzene rings is 2. The molecule has 14 heteroatoms. The molecular formula is C32H41BN4O9. The van der Waals surface area contributed by atoms with Gasteiger partial charge in [-0.3, -0.25) is 14.4 Å². The van der Waals surface area contributed by atoms with Gasteiger partial charge >= 0.3 is 19.1 Å². The van der Waals surface area contributed by atoms with Crippen molar-refractivity contribution in [3.8, 4) is 0 Å². The minimum absolute atomic E-state index is 0.213. The summed E-state index contributed by atoms with van der Waals surface area (Å²) in [5, 5.41) is 6.18. The lowest BCUT2D eigenvalue weighted by molar-refractivity contribution is -0.271. The summed E-state index contributed by atoms with van der Waals surface area (Å²) in [5.41, 5.74) is 10.2. The number of hydrogen-bond acceptors (Lipinski definition) is 10. The summed E-state index contributed by atoms with van der Waals surface area (Å²) < 4.78 is 36.3. The maximum atomic E-state index is 12.8. The minimum atomic E-state index is -1.11. The SMILES string of the molecule is CC(=O)OCC1OC(OC(c2ccccc2)c2ccc(B3OC(C)(C)C(C)(C)O3)cc2)C(NC(=O)CN=[N+]=[N-])C(C)C1OC(C)=O. The van der Waals surface area contributed by atoms with Crippen LogP contribution in [0.1, 0.15) is 65.7 Å². The van der Waals surface area contributed by atoms with Crippen LogP contribution in [0.15, 0.2) is 59.7 Å². The van der Waals surface area contributed by atoms with Gasteiger partial charge in [-0.15, -0.1) is 0 Å². The van der Waals surface area contributed by atoms with E-state index in [0.717, 1.165) is 16.6 Å². The second-order valence-electron chi connectivity index (χ2n) is 12.4. The van der Waals surface area contributed by atoms with E-state index in [9.17, 15) is 14.4 Å². The molecule has 13 nitrogen and oxygen atoms in total. The quantitative estimate of drug-likeness (QED) is 0.127. The summed E-state index contributed by atoms with van der Waals surface area (Å²) in [7, 11) is -0.548. The third kappa shape index (κ3) is 8.25. The van der Waals surface area contributed by atoms with Gasteiger partial charge in [0.1, 0.15) is 31.5 Å². The van der Waals surface area contributed by atoms with E-state index in [1.165, 1.54) is 13.8 Å². The first-order valence-electron chi connectivity index (χ1n) is 15.1. The van der Waals surface area contributed by atoms with Gasteiger partial charge in [0.15, 0.2) is 6.29 Å². The lowest BCUT2D eigenvalue weighted by Crippen LogP contribution is -2.62. The van der Waals surface area contributed by atoms with Gasteiger partial charge in [-0.2, -0.15) is 0 Å². The van der Waals surface area contributed by atoms with Crippen LogP contribution in [0.25, 0.3) is 10.4 Å². The highest BCUT2D eigenvalue weighted by Crippen LogP contribution is 2.38. The van der Waals surface area contributed by atoms with Crippen molar-refractivity contribution in [1.29, 1.82) is 0 Å². The molecule has 1 amide bonds. The van der Waals surface area contributed by atoms with E-state index in [1.807, 2.05) is 82.3 Å². The molecule has 46 heavy (non-hydrogen) atoms. The Morgan fingerprint density at radius 2 is 1.59 bits per heavy atom. The van der Waals surface area contributed by atoms with Crippen LogP contribution < -0.4 is 10.8 Å². The number of ether oxygens (including phenoxy) is 4. The monoisotopic (exact) mass is 636 g/mol. The van der Waals surface area contributed by atoms with Crippen molar-refractivity contribution in [2.24, 2.45) is 11.0 Å². The number of carbonyl (C=O) groups is 3. The van der Waals surface area contributed by atoms with Crippen LogP contribution in [-0.2, 0) is 42.6 Å². The second kappa shape index (κ2) is 14.7. The molecule has 0 bridgehead atoms. The largest absolute Gasteiger partial charge is 0.494 e. The lowest BCUT2D eigenvalue weighted by atomic mass is 9.78. The lowest BCUT2D eigenvalue weighted by Gasteiger charge is -2.45. The van der Waals surface area contributed by atoms with Crippen LogP contribution in [0.2, 0.25) is 0 Å². The van der Waals surface area contributed by atoms with Gasteiger partial charge in [0.05, 0.1) is 17.2 Å². The summed E-state index contributed by atoms with van der Waals surface area (Å²) in [6, 6.07) is 16.3. The number of rotatable bonds is 11. The second-order valence-corrected chi connectivity index (χ2v) is 12.4. The fourth-order valence-corrected chi connectivity index (χ4v) is 5.40. The van der Waals surface area contributed by atoms with Gasteiger partial charge in [0, 0.05) is 24.7 Å². The number of amides is 1. The van der Waals surface area contributed by atoms with Crippen LogP contribution in [0.5, 0.6) is 0 Å².